The Morgan fingerprint density at radius 1 is 1.67 bits per heavy atom. The largest absolute Gasteiger partial charge is 0.480 e. The molecule has 1 fully saturated rings. The first kappa shape index (κ1) is 11.8. The van der Waals surface area contributed by atoms with Gasteiger partial charge in [0.25, 0.3) is 5.24 Å². The molecule has 1 saturated heterocycles. The summed E-state index contributed by atoms with van der Waals surface area (Å²) < 4.78 is 0. The van der Waals surface area contributed by atoms with Crippen LogP contribution in [-0.2, 0) is 9.59 Å². The molecule has 0 saturated carbocycles. The number of thioether (sulfide) groups is 1. The van der Waals surface area contributed by atoms with Crippen molar-refractivity contribution in [2.75, 3.05) is 18.8 Å². The summed E-state index contributed by atoms with van der Waals surface area (Å²) in [6.07, 6.45) is 0. The first-order valence-electron chi connectivity index (χ1n) is 4.44. The molecule has 0 aromatic heterocycles. The fourth-order valence-electron chi connectivity index (χ4n) is 1.09. The van der Waals surface area contributed by atoms with Crippen LogP contribution in [0.25, 0.3) is 0 Å². The normalized spacial score (nSPS) is 17.7. The molecule has 0 radical (unpaired) electrons. The van der Waals surface area contributed by atoms with Crippen molar-refractivity contribution >= 4 is 28.9 Å². The van der Waals surface area contributed by atoms with Crippen LogP contribution in [0, 0.1) is 0 Å². The molecular formula is C8H12N2O4S. The zero-order valence-corrected chi connectivity index (χ0v) is 9.04. The maximum Gasteiger partial charge on any atom is 0.325 e. The zero-order valence-electron chi connectivity index (χ0n) is 8.23. The van der Waals surface area contributed by atoms with E-state index in [1.807, 2.05) is 0 Å². The molecule has 0 spiro atoms. The van der Waals surface area contributed by atoms with E-state index in [0.29, 0.717) is 12.3 Å². The molecule has 1 rings (SSSR count). The highest BCUT2D eigenvalue weighted by Crippen LogP contribution is 2.16. The summed E-state index contributed by atoms with van der Waals surface area (Å²) in [6.45, 7) is 1.85. The summed E-state index contributed by atoms with van der Waals surface area (Å²) in [5.74, 6) is -0.855. The van der Waals surface area contributed by atoms with E-state index < -0.39 is 17.9 Å². The Balaban J connectivity index is 2.35. The van der Waals surface area contributed by atoms with Crippen molar-refractivity contribution in [1.29, 1.82) is 0 Å². The van der Waals surface area contributed by atoms with Crippen LogP contribution in [0.3, 0.4) is 0 Å². The minimum atomic E-state index is -1.09. The molecule has 0 bridgehead atoms. The van der Waals surface area contributed by atoms with Gasteiger partial charge in [-0.25, -0.2) is 0 Å². The highest BCUT2D eigenvalue weighted by Gasteiger charge is 2.24. The van der Waals surface area contributed by atoms with Gasteiger partial charge >= 0.3 is 5.97 Å². The molecule has 2 amide bonds. The SMILES string of the molecule is C[C@@H](NC(=O)CN1CCSC1=O)C(=O)O. The number of carbonyl (C=O) groups excluding carboxylic acids is 2. The minimum Gasteiger partial charge on any atom is -0.480 e. The average Bonchev–Trinajstić information content (AvgIpc) is 2.51. The van der Waals surface area contributed by atoms with Crippen LogP contribution in [0.5, 0.6) is 0 Å². The van der Waals surface area contributed by atoms with E-state index in [1.165, 1.54) is 11.8 Å². The molecule has 1 heterocycles. The molecule has 2 N–H and O–H groups in total. The summed E-state index contributed by atoms with van der Waals surface area (Å²) in [5, 5.41) is 10.7. The van der Waals surface area contributed by atoms with Crippen LogP contribution in [0.4, 0.5) is 4.79 Å². The van der Waals surface area contributed by atoms with E-state index in [-0.39, 0.29) is 11.8 Å². The zero-order chi connectivity index (χ0) is 11.4. The second kappa shape index (κ2) is 5.01. The summed E-state index contributed by atoms with van der Waals surface area (Å²) in [6, 6.07) is -0.928. The van der Waals surface area contributed by atoms with E-state index in [4.69, 9.17) is 5.11 Å². The molecule has 7 heteroatoms. The maximum absolute atomic E-state index is 11.3. The van der Waals surface area contributed by atoms with E-state index in [0.717, 1.165) is 11.8 Å². The number of amides is 2. The number of nitrogens with one attached hydrogen (secondary N) is 1. The number of carboxylic acids is 1. The van der Waals surface area contributed by atoms with Crippen molar-refractivity contribution in [3.05, 3.63) is 0 Å². The van der Waals surface area contributed by atoms with E-state index in [9.17, 15) is 14.4 Å². The molecule has 0 aromatic rings. The van der Waals surface area contributed by atoms with Crippen LogP contribution in [0.2, 0.25) is 0 Å². The number of hydrogen-bond donors (Lipinski definition) is 2. The van der Waals surface area contributed by atoms with Gasteiger partial charge in [-0.15, -0.1) is 0 Å². The lowest BCUT2D eigenvalue weighted by atomic mass is 10.3. The maximum atomic E-state index is 11.3. The number of hydrogen-bond acceptors (Lipinski definition) is 4. The molecule has 1 aliphatic heterocycles. The molecule has 15 heavy (non-hydrogen) atoms. The molecule has 0 aromatic carbocycles. The predicted octanol–water partition coefficient (Wildman–Crippen LogP) is -0.256. The van der Waals surface area contributed by atoms with E-state index >= 15 is 0 Å². The minimum absolute atomic E-state index is 0.0660. The van der Waals surface area contributed by atoms with Crippen LogP contribution in [-0.4, -0.2) is 52.0 Å². The Kier molecular flexibility index (Phi) is 3.96. The summed E-state index contributed by atoms with van der Waals surface area (Å²) in [4.78, 5) is 34.2. The molecule has 0 unspecified atom stereocenters. The third-order valence-corrected chi connectivity index (χ3v) is 2.82. The lowest BCUT2D eigenvalue weighted by Crippen LogP contribution is -2.44. The van der Waals surface area contributed by atoms with Crippen LogP contribution < -0.4 is 5.32 Å². The summed E-state index contributed by atoms with van der Waals surface area (Å²) in [5.41, 5.74) is 0. The lowest BCUT2D eigenvalue weighted by molar-refractivity contribution is -0.141. The van der Waals surface area contributed by atoms with Crippen molar-refractivity contribution in [2.24, 2.45) is 0 Å². The Bertz CT molecular complexity index is 294. The van der Waals surface area contributed by atoms with Crippen LogP contribution in [0.1, 0.15) is 6.92 Å². The Labute approximate surface area is 91.0 Å². The van der Waals surface area contributed by atoms with Gasteiger partial charge in [0.2, 0.25) is 5.91 Å². The van der Waals surface area contributed by atoms with Crippen LogP contribution in [0.15, 0.2) is 0 Å². The Morgan fingerprint density at radius 3 is 2.80 bits per heavy atom. The molecule has 6 nitrogen and oxygen atoms in total. The summed E-state index contributed by atoms with van der Waals surface area (Å²) >= 11 is 1.16. The molecule has 1 atom stereocenters. The quantitative estimate of drug-likeness (QED) is 0.697. The van der Waals surface area contributed by atoms with Crippen LogP contribution >= 0.6 is 11.8 Å². The number of carboxylic acid groups (broad SMARTS) is 1. The van der Waals surface area contributed by atoms with Gasteiger partial charge in [0.05, 0.1) is 0 Å². The van der Waals surface area contributed by atoms with Crippen molar-refractivity contribution in [2.45, 2.75) is 13.0 Å². The number of nitrogens with zero attached hydrogens (tertiary/aromatic N) is 1. The highest BCUT2D eigenvalue weighted by molar-refractivity contribution is 8.13. The Morgan fingerprint density at radius 2 is 2.33 bits per heavy atom. The van der Waals surface area contributed by atoms with Gasteiger partial charge in [-0.2, -0.15) is 0 Å². The second-order valence-corrected chi connectivity index (χ2v) is 4.21. The van der Waals surface area contributed by atoms with Gasteiger partial charge in [-0.05, 0) is 6.92 Å². The highest BCUT2D eigenvalue weighted by atomic mass is 32.2. The van der Waals surface area contributed by atoms with Gasteiger partial charge in [-0.1, -0.05) is 11.8 Å². The molecular weight excluding hydrogens is 220 g/mol. The van der Waals surface area contributed by atoms with Gasteiger partial charge in [0.1, 0.15) is 12.6 Å². The topological polar surface area (TPSA) is 86.7 Å². The van der Waals surface area contributed by atoms with Crippen molar-refractivity contribution in [3.8, 4) is 0 Å². The number of aliphatic carboxylic acids is 1. The fourth-order valence-corrected chi connectivity index (χ4v) is 1.92. The standard InChI is InChI=1S/C8H12N2O4S/c1-5(7(12)13)9-6(11)4-10-2-3-15-8(10)14/h5H,2-4H2,1H3,(H,9,11)(H,12,13)/t5-/m1/s1. The molecule has 1 aliphatic rings. The van der Waals surface area contributed by atoms with Crippen molar-refractivity contribution in [3.63, 3.8) is 0 Å². The van der Waals surface area contributed by atoms with Gasteiger partial charge in [0, 0.05) is 12.3 Å². The summed E-state index contributed by atoms with van der Waals surface area (Å²) in [7, 11) is 0. The monoisotopic (exact) mass is 232 g/mol. The molecule has 84 valence electrons. The van der Waals surface area contributed by atoms with Gasteiger partial charge in [0.15, 0.2) is 0 Å². The Hall–Kier alpha value is -1.24. The lowest BCUT2D eigenvalue weighted by Gasteiger charge is -2.15. The van der Waals surface area contributed by atoms with Gasteiger partial charge < -0.3 is 15.3 Å². The van der Waals surface area contributed by atoms with Gasteiger partial charge in [-0.3, -0.25) is 14.4 Å². The molecule has 0 aliphatic carbocycles. The number of carbonyl (C=O) groups is 3. The third-order valence-electron chi connectivity index (χ3n) is 1.93. The smallest absolute Gasteiger partial charge is 0.325 e. The second-order valence-electron chi connectivity index (χ2n) is 3.16. The van der Waals surface area contributed by atoms with Crippen molar-refractivity contribution < 1.29 is 19.5 Å². The first-order valence-corrected chi connectivity index (χ1v) is 5.43. The predicted molar refractivity (Wildman–Crippen MR) is 54.7 cm³/mol. The average molecular weight is 232 g/mol. The van der Waals surface area contributed by atoms with Crippen molar-refractivity contribution in [1.82, 2.24) is 10.2 Å². The first-order chi connectivity index (χ1) is 7.00. The fraction of sp³-hybridized carbons (Fsp3) is 0.625. The third kappa shape index (κ3) is 3.43. The van der Waals surface area contributed by atoms with E-state index in [1.54, 1.807) is 0 Å². The van der Waals surface area contributed by atoms with E-state index in [2.05, 4.69) is 5.32 Å². The number of rotatable bonds is 4.